The van der Waals surface area contributed by atoms with Crippen LogP contribution >= 0.6 is 0 Å². The van der Waals surface area contributed by atoms with Crippen LogP contribution < -0.4 is 0 Å². The second-order valence-corrected chi connectivity index (χ2v) is 5.08. The van der Waals surface area contributed by atoms with Gasteiger partial charge in [0.15, 0.2) is 6.10 Å². The summed E-state index contributed by atoms with van der Waals surface area (Å²) in [5.74, 6) is 0. The normalized spacial score (nSPS) is 16.0. The van der Waals surface area contributed by atoms with Crippen LogP contribution in [-0.2, 0) is 17.1 Å². The van der Waals surface area contributed by atoms with Gasteiger partial charge in [-0.1, -0.05) is 0 Å². The predicted octanol–water partition coefficient (Wildman–Crippen LogP) is 5.12. The molecule has 0 heterocycles. The molecule has 0 aromatic heterocycles. The molecule has 1 aromatic rings. The zero-order valence-electron chi connectivity index (χ0n) is 12.6. The summed E-state index contributed by atoms with van der Waals surface area (Å²) in [6.07, 6.45) is -21.3. The highest BCUT2D eigenvalue weighted by Gasteiger charge is 2.42. The molecule has 0 aliphatic carbocycles. The van der Waals surface area contributed by atoms with Crippen LogP contribution in [0.5, 0.6) is 0 Å². The van der Waals surface area contributed by atoms with Gasteiger partial charge in [-0.2, -0.15) is 39.5 Å². The fourth-order valence-corrected chi connectivity index (χ4v) is 2.01. The molecule has 25 heavy (non-hydrogen) atoms. The number of aliphatic hydroxyl groups is 1. The Labute approximate surface area is 136 Å². The zero-order chi connectivity index (χ0) is 19.6. The average Bonchev–Trinajstić information content (AvgIpc) is 2.43. The molecule has 0 fully saturated rings. The SMILES string of the molecule is CCOC(CC(O)c1cc(C(F)(F)F)cc(C(F)(F)F)c1)C(F)(F)F. The van der Waals surface area contributed by atoms with Crippen LogP contribution in [-0.4, -0.2) is 24.0 Å². The lowest BCUT2D eigenvalue weighted by Crippen LogP contribution is -2.33. The highest BCUT2D eigenvalue weighted by Crippen LogP contribution is 2.39. The van der Waals surface area contributed by atoms with Gasteiger partial charge in [0.05, 0.1) is 17.2 Å². The monoisotopic (exact) mass is 384 g/mol. The third-order valence-electron chi connectivity index (χ3n) is 3.17. The molecule has 0 amide bonds. The first-order valence-corrected chi connectivity index (χ1v) is 6.82. The van der Waals surface area contributed by atoms with Gasteiger partial charge in [0.25, 0.3) is 0 Å². The van der Waals surface area contributed by atoms with E-state index in [-0.39, 0.29) is 18.2 Å². The van der Waals surface area contributed by atoms with E-state index in [1.807, 2.05) is 0 Å². The molecule has 1 rings (SSSR count). The summed E-state index contributed by atoms with van der Waals surface area (Å²) < 4.78 is 119. The molecule has 1 aromatic carbocycles. The van der Waals surface area contributed by atoms with Gasteiger partial charge in [-0.25, -0.2) is 0 Å². The number of halogens is 9. The lowest BCUT2D eigenvalue weighted by atomic mass is 9.97. The van der Waals surface area contributed by atoms with Crippen molar-refractivity contribution in [1.29, 1.82) is 0 Å². The topological polar surface area (TPSA) is 29.5 Å². The maximum atomic E-state index is 12.7. The second kappa shape index (κ2) is 7.40. The van der Waals surface area contributed by atoms with Crippen LogP contribution in [0, 0.1) is 0 Å². The molecule has 1 N–H and O–H groups in total. The van der Waals surface area contributed by atoms with Gasteiger partial charge in [0.2, 0.25) is 0 Å². The Morgan fingerprint density at radius 2 is 1.32 bits per heavy atom. The Hall–Kier alpha value is -1.49. The molecule has 0 spiro atoms. The second-order valence-electron chi connectivity index (χ2n) is 5.08. The number of aliphatic hydroxyl groups excluding tert-OH is 1. The first kappa shape index (κ1) is 21.6. The van der Waals surface area contributed by atoms with Crippen molar-refractivity contribution in [3.05, 3.63) is 34.9 Å². The molecule has 11 heteroatoms. The van der Waals surface area contributed by atoms with E-state index in [4.69, 9.17) is 0 Å². The molecule has 144 valence electrons. The molecule has 2 atom stereocenters. The van der Waals surface area contributed by atoms with Crippen LogP contribution in [0.15, 0.2) is 18.2 Å². The van der Waals surface area contributed by atoms with Crippen molar-refractivity contribution in [2.24, 2.45) is 0 Å². The van der Waals surface area contributed by atoms with Gasteiger partial charge in [-0.15, -0.1) is 0 Å². The number of rotatable bonds is 5. The Bertz CT molecular complexity index is 543. The van der Waals surface area contributed by atoms with Crippen molar-refractivity contribution in [1.82, 2.24) is 0 Å². The largest absolute Gasteiger partial charge is 0.416 e. The lowest BCUT2D eigenvalue weighted by Gasteiger charge is -2.24. The molecule has 0 saturated carbocycles. The lowest BCUT2D eigenvalue weighted by molar-refractivity contribution is -0.226. The van der Waals surface area contributed by atoms with E-state index in [2.05, 4.69) is 4.74 Å². The molecule has 0 bridgehead atoms. The minimum absolute atomic E-state index is 0.180. The highest BCUT2D eigenvalue weighted by molar-refractivity contribution is 5.34. The molecular formula is C14H13F9O2. The van der Waals surface area contributed by atoms with Crippen molar-refractivity contribution < 1.29 is 49.4 Å². The van der Waals surface area contributed by atoms with Crippen LogP contribution in [0.1, 0.15) is 36.1 Å². The number of hydrogen-bond donors (Lipinski definition) is 1. The van der Waals surface area contributed by atoms with E-state index in [0.29, 0.717) is 0 Å². The number of ether oxygens (including phenoxy) is 1. The molecule has 2 nitrogen and oxygen atoms in total. The number of alkyl halides is 9. The van der Waals surface area contributed by atoms with E-state index < -0.39 is 60.5 Å². The molecule has 0 saturated heterocycles. The van der Waals surface area contributed by atoms with E-state index in [9.17, 15) is 44.6 Å². The first-order valence-electron chi connectivity index (χ1n) is 6.82. The van der Waals surface area contributed by atoms with Crippen molar-refractivity contribution in [3.63, 3.8) is 0 Å². The molecule has 2 unspecified atom stereocenters. The summed E-state index contributed by atoms with van der Waals surface area (Å²) in [5, 5.41) is 9.75. The van der Waals surface area contributed by atoms with Crippen LogP contribution in [0.2, 0.25) is 0 Å². The van der Waals surface area contributed by atoms with E-state index in [1.165, 1.54) is 6.92 Å². The van der Waals surface area contributed by atoms with E-state index in [1.54, 1.807) is 0 Å². The van der Waals surface area contributed by atoms with Crippen molar-refractivity contribution in [2.45, 2.75) is 44.1 Å². The Morgan fingerprint density at radius 3 is 1.64 bits per heavy atom. The number of benzene rings is 1. The Morgan fingerprint density at radius 1 is 0.880 bits per heavy atom. The van der Waals surface area contributed by atoms with Crippen molar-refractivity contribution in [3.8, 4) is 0 Å². The first-order chi connectivity index (χ1) is 11.2. The average molecular weight is 384 g/mol. The van der Waals surface area contributed by atoms with E-state index in [0.717, 1.165) is 0 Å². The van der Waals surface area contributed by atoms with Gasteiger partial charge in [-0.05, 0) is 30.7 Å². The van der Waals surface area contributed by atoms with Crippen molar-refractivity contribution >= 4 is 0 Å². The summed E-state index contributed by atoms with van der Waals surface area (Å²) >= 11 is 0. The standard InChI is InChI=1S/C14H13F9O2/c1-2-25-11(14(21,22)23)6-10(24)7-3-8(12(15,16)17)5-9(4-7)13(18,19)20/h3-5,10-11,24H,2,6H2,1H3. The predicted molar refractivity (Wildman–Crippen MR) is 67.5 cm³/mol. The summed E-state index contributed by atoms with van der Waals surface area (Å²) in [6.45, 7) is 0.810. The summed E-state index contributed by atoms with van der Waals surface area (Å²) in [6, 6.07) is 0.179. The minimum atomic E-state index is -5.17. The summed E-state index contributed by atoms with van der Waals surface area (Å²) in [4.78, 5) is 0. The smallest absolute Gasteiger partial charge is 0.388 e. The van der Waals surface area contributed by atoms with Gasteiger partial charge >= 0.3 is 18.5 Å². The molecule has 0 aliphatic rings. The maximum absolute atomic E-state index is 12.7. The van der Waals surface area contributed by atoms with Gasteiger partial charge in [0, 0.05) is 13.0 Å². The Kier molecular flexibility index (Phi) is 6.38. The third-order valence-corrected chi connectivity index (χ3v) is 3.17. The Balaban J connectivity index is 3.26. The molecule has 0 radical (unpaired) electrons. The maximum Gasteiger partial charge on any atom is 0.416 e. The van der Waals surface area contributed by atoms with Gasteiger partial charge in [0.1, 0.15) is 0 Å². The van der Waals surface area contributed by atoms with Crippen LogP contribution in [0.3, 0.4) is 0 Å². The molecule has 0 aliphatic heterocycles. The fourth-order valence-electron chi connectivity index (χ4n) is 2.01. The number of hydrogen-bond acceptors (Lipinski definition) is 2. The van der Waals surface area contributed by atoms with Crippen LogP contribution in [0.4, 0.5) is 39.5 Å². The van der Waals surface area contributed by atoms with Gasteiger partial charge < -0.3 is 9.84 Å². The minimum Gasteiger partial charge on any atom is -0.388 e. The van der Waals surface area contributed by atoms with Crippen molar-refractivity contribution in [2.75, 3.05) is 6.61 Å². The quantitative estimate of drug-likeness (QED) is 0.715. The van der Waals surface area contributed by atoms with Crippen LogP contribution in [0.25, 0.3) is 0 Å². The zero-order valence-corrected chi connectivity index (χ0v) is 12.6. The fraction of sp³-hybridized carbons (Fsp3) is 0.571. The van der Waals surface area contributed by atoms with Gasteiger partial charge in [-0.3, -0.25) is 0 Å². The highest BCUT2D eigenvalue weighted by atomic mass is 19.4. The third kappa shape index (κ3) is 6.07. The summed E-state index contributed by atoms with van der Waals surface area (Å²) in [5.41, 5.74) is -4.39. The summed E-state index contributed by atoms with van der Waals surface area (Å²) in [7, 11) is 0. The molecular weight excluding hydrogens is 371 g/mol. The van der Waals surface area contributed by atoms with E-state index >= 15 is 0 Å².